The van der Waals surface area contributed by atoms with Crippen LogP contribution in [0.1, 0.15) is 29.8 Å². The largest absolute Gasteiger partial charge is 0.357 e. The van der Waals surface area contributed by atoms with Crippen LogP contribution < -0.4 is 15.4 Å². The molecule has 0 aliphatic heterocycles. The van der Waals surface area contributed by atoms with E-state index in [4.69, 9.17) is 0 Å². The van der Waals surface area contributed by atoms with Gasteiger partial charge in [-0.25, -0.2) is 18.1 Å². The molecule has 26 heavy (non-hydrogen) atoms. The van der Waals surface area contributed by atoms with Crippen molar-refractivity contribution in [3.8, 4) is 0 Å². The van der Waals surface area contributed by atoms with E-state index in [1.54, 1.807) is 33.2 Å². The van der Waals surface area contributed by atoms with Crippen molar-refractivity contribution in [2.75, 3.05) is 39.5 Å². The zero-order chi connectivity index (χ0) is 19.6. The lowest BCUT2D eigenvalue weighted by Gasteiger charge is -2.12. The molecule has 0 fully saturated rings. The van der Waals surface area contributed by atoms with Gasteiger partial charge in [-0.2, -0.15) is 0 Å². The molecule has 0 aromatic heterocycles. The second-order valence-corrected chi connectivity index (χ2v) is 7.91. The zero-order valence-corrected chi connectivity index (χ0v) is 16.7. The summed E-state index contributed by atoms with van der Waals surface area (Å²) >= 11 is 0. The first-order valence-corrected chi connectivity index (χ1v) is 10.2. The molecule has 9 heteroatoms. The highest BCUT2D eigenvalue weighted by atomic mass is 32.2. The molecule has 0 unspecified atom stereocenters. The molecule has 1 aromatic rings. The number of hydrogen-bond donors (Lipinski definition) is 3. The fourth-order valence-electron chi connectivity index (χ4n) is 2.01. The summed E-state index contributed by atoms with van der Waals surface area (Å²) in [6.07, 6.45) is 0. The summed E-state index contributed by atoms with van der Waals surface area (Å²) in [5.74, 6) is 0.634. The lowest BCUT2D eigenvalue weighted by Crippen LogP contribution is -2.41. The maximum Gasteiger partial charge on any atom is 0.253 e. The monoisotopic (exact) mass is 383 g/mol. The van der Waals surface area contributed by atoms with Crippen LogP contribution in [0.15, 0.2) is 29.3 Å². The van der Waals surface area contributed by atoms with Gasteiger partial charge in [-0.1, -0.05) is 12.1 Å². The average Bonchev–Trinajstić information content (AvgIpc) is 2.62. The molecule has 0 bridgehead atoms. The molecule has 0 saturated heterocycles. The highest BCUT2D eigenvalue weighted by Gasteiger charge is 2.07. The molecule has 8 nitrogen and oxygen atoms in total. The van der Waals surface area contributed by atoms with Gasteiger partial charge in [0, 0.05) is 39.3 Å². The third-order valence-electron chi connectivity index (χ3n) is 3.49. The van der Waals surface area contributed by atoms with Crippen LogP contribution in [0, 0.1) is 0 Å². The molecule has 0 aliphatic carbocycles. The molecule has 3 N–H and O–H groups in total. The molecule has 1 aromatic carbocycles. The minimum atomic E-state index is -3.18. The van der Waals surface area contributed by atoms with Gasteiger partial charge in [0.15, 0.2) is 5.96 Å². The zero-order valence-electron chi connectivity index (χ0n) is 15.9. The molecule has 0 aliphatic rings. The number of carbonyl (C=O) groups is 1. The van der Waals surface area contributed by atoms with E-state index in [9.17, 15) is 13.2 Å². The quantitative estimate of drug-likeness (QED) is 0.325. The summed E-state index contributed by atoms with van der Waals surface area (Å²) < 4.78 is 25.3. The van der Waals surface area contributed by atoms with Crippen molar-refractivity contribution in [1.29, 1.82) is 0 Å². The van der Waals surface area contributed by atoms with Crippen LogP contribution in [0.5, 0.6) is 0 Å². The van der Waals surface area contributed by atoms with Gasteiger partial charge in [-0.05, 0) is 31.5 Å². The summed E-state index contributed by atoms with van der Waals surface area (Å²) in [6.45, 7) is 5.43. The Bertz CT molecular complexity index is 700. The number of guanidine groups is 1. The molecule has 0 saturated carbocycles. The average molecular weight is 384 g/mol. The van der Waals surface area contributed by atoms with Gasteiger partial charge < -0.3 is 15.5 Å². The maximum atomic E-state index is 11.9. The van der Waals surface area contributed by atoms with Crippen LogP contribution in [-0.2, 0) is 16.6 Å². The molecule has 0 spiro atoms. The van der Waals surface area contributed by atoms with Gasteiger partial charge in [0.1, 0.15) is 0 Å². The molecule has 0 radical (unpaired) electrons. The van der Waals surface area contributed by atoms with E-state index < -0.39 is 10.0 Å². The Hall–Kier alpha value is -2.13. The summed E-state index contributed by atoms with van der Waals surface area (Å²) in [7, 11) is 0.252. The Labute approximate surface area is 156 Å². The Morgan fingerprint density at radius 1 is 1.08 bits per heavy atom. The highest BCUT2D eigenvalue weighted by molar-refractivity contribution is 7.89. The summed E-state index contributed by atoms with van der Waals surface area (Å²) in [5.41, 5.74) is 1.61. The third-order valence-corrected chi connectivity index (χ3v) is 4.89. The van der Waals surface area contributed by atoms with Crippen LogP contribution in [0.25, 0.3) is 0 Å². The number of rotatable bonds is 9. The summed E-state index contributed by atoms with van der Waals surface area (Å²) in [5, 5.41) is 6.19. The van der Waals surface area contributed by atoms with Crippen molar-refractivity contribution in [1.82, 2.24) is 20.3 Å². The molecule has 1 amide bonds. The smallest absolute Gasteiger partial charge is 0.253 e. The van der Waals surface area contributed by atoms with E-state index >= 15 is 0 Å². The molecular formula is C17H29N5O3S. The van der Waals surface area contributed by atoms with Crippen LogP contribution in [-0.4, -0.2) is 64.7 Å². The topological polar surface area (TPSA) is 103 Å². The van der Waals surface area contributed by atoms with Crippen LogP contribution in [0.2, 0.25) is 0 Å². The molecular weight excluding hydrogens is 354 g/mol. The Kier molecular flexibility index (Phi) is 9.08. The molecule has 1 rings (SSSR count). The first-order valence-electron chi connectivity index (χ1n) is 8.59. The SMILES string of the molecule is CCNC(=NCc1ccc(C(=O)N(C)C)cc1)NCCNS(=O)(=O)CC. The maximum absolute atomic E-state index is 11.9. The molecule has 0 heterocycles. The van der Waals surface area contributed by atoms with E-state index in [1.807, 2.05) is 19.1 Å². The van der Waals surface area contributed by atoms with Gasteiger partial charge in [-0.15, -0.1) is 0 Å². The van der Waals surface area contributed by atoms with E-state index in [0.717, 1.165) is 5.56 Å². The first-order chi connectivity index (χ1) is 12.3. The number of amides is 1. The van der Waals surface area contributed by atoms with Gasteiger partial charge in [0.25, 0.3) is 5.91 Å². The van der Waals surface area contributed by atoms with Crippen LogP contribution in [0.3, 0.4) is 0 Å². The second kappa shape index (κ2) is 10.8. The van der Waals surface area contributed by atoms with E-state index in [-0.39, 0.29) is 11.7 Å². The van der Waals surface area contributed by atoms with E-state index in [0.29, 0.717) is 37.7 Å². The van der Waals surface area contributed by atoms with Crippen LogP contribution in [0.4, 0.5) is 0 Å². The number of nitrogens with one attached hydrogen (secondary N) is 3. The van der Waals surface area contributed by atoms with Crippen molar-refractivity contribution < 1.29 is 13.2 Å². The minimum Gasteiger partial charge on any atom is -0.357 e. The van der Waals surface area contributed by atoms with Crippen molar-refractivity contribution >= 4 is 21.9 Å². The van der Waals surface area contributed by atoms with Crippen molar-refractivity contribution in [2.45, 2.75) is 20.4 Å². The number of hydrogen-bond acceptors (Lipinski definition) is 4. The predicted octanol–water partition coefficient (Wildman–Crippen LogP) is 0.383. The number of carbonyl (C=O) groups excluding carboxylic acids is 1. The lowest BCUT2D eigenvalue weighted by atomic mass is 10.1. The molecule has 146 valence electrons. The van der Waals surface area contributed by atoms with E-state index in [2.05, 4.69) is 20.3 Å². The number of sulfonamides is 1. The number of aliphatic imine (C=N–C) groups is 1. The lowest BCUT2D eigenvalue weighted by molar-refractivity contribution is 0.0827. The number of benzene rings is 1. The Morgan fingerprint density at radius 3 is 2.27 bits per heavy atom. The standard InChI is InChI=1S/C17H29N5O3S/c1-5-18-17(19-11-12-21-26(24,25)6-2)20-13-14-7-9-15(10-8-14)16(23)22(3)4/h7-10,21H,5-6,11-13H2,1-4H3,(H2,18,19,20). The predicted molar refractivity (Wildman–Crippen MR) is 105 cm³/mol. The van der Waals surface area contributed by atoms with Gasteiger partial charge >= 0.3 is 0 Å². The van der Waals surface area contributed by atoms with Crippen molar-refractivity contribution in [3.63, 3.8) is 0 Å². The number of nitrogens with zero attached hydrogens (tertiary/aromatic N) is 2. The van der Waals surface area contributed by atoms with Gasteiger partial charge in [0.05, 0.1) is 12.3 Å². The Morgan fingerprint density at radius 2 is 1.73 bits per heavy atom. The van der Waals surface area contributed by atoms with Crippen molar-refractivity contribution in [3.05, 3.63) is 35.4 Å². The fourth-order valence-corrected chi connectivity index (χ4v) is 2.63. The third kappa shape index (κ3) is 7.83. The first kappa shape index (κ1) is 21.9. The normalized spacial score (nSPS) is 11.9. The van der Waals surface area contributed by atoms with Gasteiger partial charge in [0.2, 0.25) is 10.0 Å². The Balaban J connectivity index is 2.59. The van der Waals surface area contributed by atoms with E-state index in [1.165, 1.54) is 4.90 Å². The van der Waals surface area contributed by atoms with Gasteiger partial charge in [-0.3, -0.25) is 4.79 Å². The summed E-state index contributed by atoms with van der Waals surface area (Å²) in [6, 6.07) is 7.32. The van der Waals surface area contributed by atoms with Crippen LogP contribution >= 0.6 is 0 Å². The minimum absolute atomic E-state index is 0.0374. The summed E-state index contributed by atoms with van der Waals surface area (Å²) in [4.78, 5) is 17.9. The second-order valence-electron chi connectivity index (χ2n) is 5.82. The fraction of sp³-hybridized carbons (Fsp3) is 0.529. The highest BCUT2D eigenvalue weighted by Crippen LogP contribution is 2.07. The van der Waals surface area contributed by atoms with Crippen molar-refractivity contribution in [2.24, 2.45) is 4.99 Å². The molecule has 0 atom stereocenters.